The molecule has 0 aliphatic carbocycles. The van der Waals surface area contributed by atoms with Crippen molar-refractivity contribution >= 4 is 40.9 Å². The van der Waals surface area contributed by atoms with E-state index in [1.165, 1.54) is 11.4 Å². The van der Waals surface area contributed by atoms with E-state index in [1.807, 2.05) is 30.3 Å². The fourth-order valence-electron chi connectivity index (χ4n) is 4.35. The number of aromatic nitrogens is 1. The lowest BCUT2D eigenvalue weighted by atomic mass is 9.85. The normalized spacial score (nSPS) is 12.0. The van der Waals surface area contributed by atoms with E-state index in [9.17, 15) is 14.7 Å². The third-order valence-electron chi connectivity index (χ3n) is 6.39. The number of hydrogen-bond acceptors (Lipinski definition) is 3. The summed E-state index contributed by atoms with van der Waals surface area (Å²) in [7, 11) is -2.19. The van der Waals surface area contributed by atoms with Crippen LogP contribution >= 0.6 is 0 Å². The largest absolute Gasteiger partial charge is 0.508 e. The average molecular weight is 471 g/mol. The first-order chi connectivity index (χ1) is 16.0. The molecule has 1 amide bonds. The summed E-state index contributed by atoms with van der Waals surface area (Å²) in [5.41, 5.74) is 1.48. The van der Waals surface area contributed by atoms with Crippen LogP contribution < -0.4 is 21.1 Å². The fraction of sp³-hybridized carbons (Fsp3) is 0.214. The van der Waals surface area contributed by atoms with Gasteiger partial charge < -0.3 is 15.4 Å². The number of para-hydroxylation sites is 1. The molecule has 0 saturated heterocycles. The molecule has 34 heavy (non-hydrogen) atoms. The molecule has 0 spiro atoms. The van der Waals surface area contributed by atoms with E-state index in [2.05, 4.69) is 56.3 Å². The highest BCUT2D eigenvalue weighted by Crippen LogP contribution is 2.33. The molecule has 0 bridgehead atoms. The number of carbonyl (C=O) groups is 1. The second-order valence-electron chi connectivity index (χ2n) is 10.2. The summed E-state index contributed by atoms with van der Waals surface area (Å²) in [5.74, 6) is -0.361. The van der Waals surface area contributed by atoms with Crippen LogP contribution in [0.1, 0.15) is 36.7 Å². The standard InChI is InChI=1S/C28H30N2O3Si/c1-28(2,3)21-15-25(34(4,5)18-11-7-6-8-12-18)24(31)16-23(21)30-27(33)20-17-29-22-14-10-9-13-19(22)26(20)32/h6-17,31H,1-5H3,(H,29,32)(H,30,33). The number of hydrogen-bond donors (Lipinski definition) is 3. The number of phenols is 1. The third kappa shape index (κ3) is 4.29. The van der Waals surface area contributed by atoms with Gasteiger partial charge in [-0.05, 0) is 28.3 Å². The highest BCUT2D eigenvalue weighted by Gasteiger charge is 2.32. The summed E-state index contributed by atoms with van der Waals surface area (Å²) < 4.78 is 0. The van der Waals surface area contributed by atoms with Gasteiger partial charge in [-0.2, -0.15) is 0 Å². The van der Waals surface area contributed by atoms with Crippen LogP contribution in [0.15, 0.2) is 77.7 Å². The van der Waals surface area contributed by atoms with E-state index in [4.69, 9.17) is 0 Å². The second kappa shape index (κ2) is 8.61. The number of anilines is 1. The highest BCUT2D eigenvalue weighted by molar-refractivity contribution is 7.01. The lowest BCUT2D eigenvalue weighted by molar-refractivity contribution is 0.102. The van der Waals surface area contributed by atoms with E-state index < -0.39 is 14.0 Å². The topological polar surface area (TPSA) is 82.2 Å². The molecule has 6 heteroatoms. The molecule has 0 unspecified atom stereocenters. The molecule has 0 aliphatic rings. The Morgan fingerprint density at radius 2 is 1.62 bits per heavy atom. The number of carbonyl (C=O) groups excluding carboxylic acids is 1. The van der Waals surface area contributed by atoms with Crippen molar-refractivity contribution < 1.29 is 9.90 Å². The van der Waals surface area contributed by atoms with Crippen molar-refractivity contribution in [3.8, 4) is 5.75 Å². The lowest BCUT2D eigenvalue weighted by Gasteiger charge is -2.30. The number of aromatic hydroxyl groups is 1. The SMILES string of the molecule is CC(C)(C)c1cc([Si](C)(C)c2ccccc2)c(O)cc1NC(=O)c1c[nH]c2ccccc2c1=O. The summed E-state index contributed by atoms with van der Waals surface area (Å²) in [4.78, 5) is 29.1. The number of nitrogens with one attached hydrogen (secondary N) is 2. The van der Waals surface area contributed by atoms with E-state index in [-0.39, 0.29) is 22.2 Å². The van der Waals surface area contributed by atoms with Gasteiger partial charge in [0.1, 0.15) is 19.4 Å². The zero-order valence-electron chi connectivity index (χ0n) is 20.2. The van der Waals surface area contributed by atoms with E-state index in [0.717, 1.165) is 10.8 Å². The highest BCUT2D eigenvalue weighted by atomic mass is 28.3. The van der Waals surface area contributed by atoms with Crippen LogP contribution in [0.4, 0.5) is 5.69 Å². The van der Waals surface area contributed by atoms with Gasteiger partial charge in [0.25, 0.3) is 5.91 Å². The van der Waals surface area contributed by atoms with Crippen molar-refractivity contribution in [2.45, 2.75) is 39.3 Å². The average Bonchev–Trinajstić information content (AvgIpc) is 2.79. The summed E-state index contributed by atoms with van der Waals surface area (Å²) in [5, 5.41) is 16.5. The van der Waals surface area contributed by atoms with Crippen molar-refractivity contribution in [2.75, 3.05) is 5.32 Å². The van der Waals surface area contributed by atoms with Crippen LogP contribution in [0.3, 0.4) is 0 Å². The molecular formula is C28H30N2O3Si. The molecule has 5 nitrogen and oxygen atoms in total. The minimum atomic E-state index is -2.19. The summed E-state index contributed by atoms with van der Waals surface area (Å²) >= 11 is 0. The zero-order valence-corrected chi connectivity index (χ0v) is 21.2. The minimum Gasteiger partial charge on any atom is -0.508 e. The van der Waals surface area contributed by atoms with Crippen LogP contribution in [0, 0.1) is 0 Å². The molecule has 3 N–H and O–H groups in total. The summed E-state index contributed by atoms with van der Waals surface area (Å²) in [6.07, 6.45) is 1.44. The Kier molecular flexibility index (Phi) is 5.96. The van der Waals surface area contributed by atoms with E-state index >= 15 is 0 Å². The maximum absolute atomic E-state index is 13.2. The first-order valence-corrected chi connectivity index (χ1v) is 14.4. The van der Waals surface area contributed by atoms with Gasteiger partial charge in [-0.1, -0.05) is 87.6 Å². The van der Waals surface area contributed by atoms with Crippen LogP contribution in [-0.2, 0) is 5.41 Å². The molecule has 0 atom stereocenters. The van der Waals surface area contributed by atoms with Gasteiger partial charge in [0.2, 0.25) is 5.43 Å². The molecule has 4 rings (SSSR count). The van der Waals surface area contributed by atoms with Crippen LogP contribution in [0.25, 0.3) is 10.9 Å². The first-order valence-electron chi connectivity index (χ1n) is 11.4. The van der Waals surface area contributed by atoms with Crippen molar-refractivity contribution in [2.24, 2.45) is 0 Å². The summed E-state index contributed by atoms with van der Waals surface area (Å²) in [6.45, 7) is 10.6. The molecule has 1 aromatic heterocycles. The number of fused-ring (bicyclic) bond motifs is 1. The number of H-pyrrole nitrogens is 1. The van der Waals surface area contributed by atoms with Crippen molar-refractivity contribution in [3.05, 3.63) is 94.3 Å². The van der Waals surface area contributed by atoms with Gasteiger partial charge in [-0.25, -0.2) is 0 Å². The second-order valence-corrected chi connectivity index (χ2v) is 14.6. The third-order valence-corrected chi connectivity index (χ3v) is 9.92. The monoisotopic (exact) mass is 470 g/mol. The van der Waals surface area contributed by atoms with Gasteiger partial charge >= 0.3 is 0 Å². The van der Waals surface area contributed by atoms with Gasteiger partial charge in [0.05, 0.1) is 0 Å². The number of amides is 1. The predicted octanol–water partition coefficient (Wildman–Crippen LogP) is 4.61. The Hall–Kier alpha value is -3.64. The molecule has 4 aromatic rings. The maximum atomic E-state index is 13.2. The smallest absolute Gasteiger partial charge is 0.261 e. The van der Waals surface area contributed by atoms with Crippen molar-refractivity contribution in [1.29, 1.82) is 0 Å². The van der Waals surface area contributed by atoms with Gasteiger partial charge in [-0.15, -0.1) is 0 Å². The van der Waals surface area contributed by atoms with Crippen LogP contribution in [0.5, 0.6) is 5.75 Å². The van der Waals surface area contributed by atoms with Crippen molar-refractivity contribution in [3.63, 3.8) is 0 Å². The molecule has 0 aliphatic heterocycles. The quantitative estimate of drug-likeness (QED) is 0.381. The first kappa shape index (κ1) is 23.5. The zero-order chi connectivity index (χ0) is 24.7. The number of rotatable bonds is 4. The van der Waals surface area contributed by atoms with Crippen LogP contribution in [-0.4, -0.2) is 24.1 Å². The molecule has 0 fully saturated rings. The Morgan fingerprint density at radius 3 is 2.29 bits per heavy atom. The lowest BCUT2D eigenvalue weighted by Crippen LogP contribution is -2.53. The minimum absolute atomic E-state index is 0.0288. The fourth-order valence-corrected chi connectivity index (χ4v) is 6.90. The Bertz CT molecular complexity index is 1430. The van der Waals surface area contributed by atoms with Crippen LogP contribution in [0.2, 0.25) is 13.1 Å². The number of aromatic amines is 1. The molecule has 1 heterocycles. The number of pyridine rings is 1. The van der Waals surface area contributed by atoms with E-state index in [1.54, 1.807) is 24.3 Å². The Balaban J connectivity index is 1.79. The molecule has 0 saturated carbocycles. The van der Waals surface area contributed by atoms with E-state index in [0.29, 0.717) is 16.6 Å². The Morgan fingerprint density at radius 1 is 0.971 bits per heavy atom. The number of phenolic OH excluding ortho intramolecular Hbond substituents is 1. The number of benzene rings is 3. The van der Waals surface area contributed by atoms with Gasteiger partial charge in [0, 0.05) is 28.9 Å². The van der Waals surface area contributed by atoms with Crippen molar-refractivity contribution in [1.82, 2.24) is 4.98 Å². The molecular weight excluding hydrogens is 440 g/mol. The van der Waals surface area contributed by atoms with Gasteiger partial charge in [0.15, 0.2) is 0 Å². The predicted molar refractivity (Wildman–Crippen MR) is 143 cm³/mol. The summed E-state index contributed by atoms with van der Waals surface area (Å²) in [6, 6.07) is 21.0. The van der Waals surface area contributed by atoms with Gasteiger partial charge in [-0.3, -0.25) is 9.59 Å². The molecule has 3 aromatic carbocycles. The molecule has 174 valence electrons. The maximum Gasteiger partial charge on any atom is 0.261 e. The molecule has 0 radical (unpaired) electrons. The Labute approximate surface area is 200 Å².